The van der Waals surface area contributed by atoms with Crippen molar-refractivity contribution in [1.29, 1.82) is 0 Å². The molecule has 0 unspecified atom stereocenters. The lowest BCUT2D eigenvalue weighted by Gasteiger charge is -2.03. The molecular weight excluding hydrogens is 224 g/mol. The first-order valence-electron chi connectivity index (χ1n) is 5.95. The summed E-state index contributed by atoms with van der Waals surface area (Å²) in [6, 6.07) is 0. The standard InChI is InChI=1S/C13H23ClO2/c1-15-13(16-2)11-9-7-5-3-4-6-8-10-12-14/h13H,3-8,10,12H2,1-2H3. The Hall–Kier alpha value is -0.230. The van der Waals surface area contributed by atoms with E-state index in [9.17, 15) is 0 Å². The average Bonchev–Trinajstić information content (AvgIpc) is 2.32. The van der Waals surface area contributed by atoms with Crippen molar-refractivity contribution in [2.45, 2.75) is 51.2 Å². The summed E-state index contributed by atoms with van der Waals surface area (Å²) in [7, 11) is 3.19. The van der Waals surface area contributed by atoms with Crippen LogP contribution in [0.2, 0.25) is 0 Å². The van der Waals surface area contributed by atoms with E-state index in [2.05, 4.69) is 11.8 Å². The van der Waals surface area contributed by atoms with Crippen LogP contribution >= 0.6 is 11.6 Å². The van der Waals surface area contributed by atoms with E-state index in [4.69, 9.17) is 21.1 Å². The number of alkyl halides is 1. The summed E-state index contributed by atoms with van der Waals surface area (Å²) in [5, 5.41) is 0. The van der Waals surface area contributed by atoms with Gasteiger partial charge in [0, 0.05) is 26.5 Å². The van der Waals surface area contributed by atoms with Crippen molar-refractivity contribution in [3.05, 3.63) is 0 Å². The predicted octanol–water partition coefficient (Wildman–Crippen LogP) is 3.58. The lowest BCUT2D eigenvalue weighted by atomic mass is 10.1. The lowest BCUT2D eigenvalue weighted by molar-refractivity contribution is -0.0595. The maximum atomic E-state index is 5.60. The van der Waals surface area contributed by atoms with Gasteiger partial charge >= 0.3 is 0 Å². The minimum atomic E-state index is -0.372. The molecule has 0 amide bonds. The summed E-state index contributed by atoms with van der Waals surface area (Å²) in [5.74, 6) is 6.78. The summed E-state index contributed by atoms with van der Waals surface area (Å²) in [6.07, 6.45) is 7.95. The van der Waals surface area contributed by atoms with Crippen molar-refractivity contribution < 1.29 is 9.47 Å². The molecular formula is C13H23ClO2. The van der Waals surface area contributed by atoms with Crippen molar-refractivity contribution in [1.82, 2.24) is 0 Å². The Bertz CT molecular complexity index is 192. The van der Waals surface area contributed by atoms with Crippen LogP contribution < -0.4 is 0 Å². The van der Waals surface area contributed by atoms with Gasteiger partial charge in [0.1, 0.15) is 0 Å². The second kappa shape index (κ2) is 12.8. The third-order valence-electron chi connectivity index (χ3n) is 2.33. The van der Waals surface area contributed by atoms with Crippen LogP contribution in [-0.2, 0) is 9.47 Å². The van der Waals surface area contributed by atoms with E-state index in [0.717, 1.165) is 25.1 Å². The van der Waals surface area contributed by atoms with Crippen LogP contribution in [0.4, 0.5) is 0 Å². The normalized spacial score (nSPS) is 10.2. The molecule has 0 saturated carbocycles. The molecule has 0 aromatic heterocycles. The van der Waals surface area contributed by atoms with Crippen molar-refractivity contribution in [2.75, 3.05) is 20.1 Å². The van der Waals surface area contributed by atoms with E-state index in [1.54, 1.807) is 14.2 Å². The Morgan fingerprint density at radius 1 is 0.938 bits per heavy atom. The van der Waals surface area contributed by atoms with Crippen molar-refractivity contribution >= 4 is 11.6 Å². The third-order valence-corrected chi connectivity index (χ3v) is 2.60. The van der Waals surface area contributed by atoms with Crippen LogP contribution in [0.3, 0.4) is 0 Å². The fraction of sp³-hybridized carbons (Fsp3) is 0.846. The zero-order chi connectivity index (χ0) is 12.1. The van der Waals surface area contributed by atoms with E-state index in [-0.39, 0.29) is 6.29 Å². The molecule has 16 heavy (non-hydrogen) atoms. The molecule has 0 saturated heterocycles. The molecule has 0 rings (SSSR count). The van der Waals surface area contributed by atoms with E-state index in [1.807, 2.05) is 0 Å². The molecule has 0 aromatic rings. The average molecular weight is 247 g/mol. The maximum absolute atomic E-state index is 5.60. The van der Waals surface area contributed by atoms with Gasteiger partial charge in [0.15, 0.2) is 0 Å². The highest BCUT2D eigenvalue weighted by atomic mass is 35.5. The number of hydrogen-bond acceptors (Lipinski definition) is 2. The molecule has 0 heterocycles. The summed E-state index contributed by atoms with van der Waals surface area (Å²) in [5.41, 5.74) is 0. The SMILES string of the molecule is COC(C#CCCCCCCCCCl)OC. The summed E-state index contributed by atoms with van der Waals surface area (Å²) in [4.78, 5) is 0. The minimum absolute atomic E-state index is 0.372. The monoisotopic (exact) mass is 246 g/mol. The van der Waals surface area contributed by atoms with Gasteiger partial charge in [0.05, 0.1) is 0 Å². The molecule has 0 aliphatic heterocycles. The molecule has 0 N–H and O–H groups in total. The molecule has 0 radical (unpaired) electrons. The van der Waals surface area contributed by atoms with Crippen molar-refractivity contribution in [3.8, 4) is 11.8 Å². The highest BCUT2D eigenvalue weighted by Gasteiger charge is 1.96. The molecule has 0 aromatic carbocycles. The Morgan fingerprint density at radius 2 is 1.50 bits per heavy atom. The quantitative estimate of drug-likeness (QED) is 0.268. The maximum Gasteiger partial charge on any atom is 0.221 e. The number of rotatable bonds is 9. The Balaban J connectivity index is 3.25. The van der Waals surface area contributed by atoms with Gasteiger partial charge in [-0.1, -0.05) is 31.6 Å². The molecule has 0 fully saturated rings. The first-order chi connectivity index (χ1) is 7.85. The molecule has 2 nitrogen and oxygen atoms in total. The highest BCUT2D eigenvalue weighted by Crippen LogP contribution is 2.07. The molecule has 0 aliphatic carbocycles. The van der Waals surface area contributed by atoms with Gasteiger partial charge in [-0.2, -0.15) is 0 Å². The second-order valence-electron chi connectivity index (χ2n) is 3.68. The molecule has 0 bridgehead atoms. The largest absolute Gasteiger partial charge is 0.345 e. The first-order valence-corrected chi connectivity index (χ1v) is 6.48. The zero-order valence-corrected chi connectivity index (χ0v) is 11.2. The molecule has 3 heteroatoms. The number of halogens is 1. The second-order valence-corrected chi connectivity index (χ2v) is 4.06. The van der Waals surface area contributed by atoms with Gasteiger partial charge in [-0.25, -0.2) is 0 Å². The fourth-order valence-electron chi connectivity index (χ4n) is 1.38. The van der Waals surface area contributed by atoms with Crippen LogP contribution in [0.5, 0.6) is 0 Å². The highest BCUT2D eigenvalue weighted by molar-refractivity contribution is 6.17. The zero-order valence-electron chi connectivity index (χ0n) is 10.4. The molecule has 0 aliphatic rings. The van der Waals surface area contributed by atoms with Crippen LogP contribution in [0.25, 0.3) is 0 Å². The van der Waals surface area contributed by atoms with E-state index in [1.165, 1.54) is 25.7 Å². The Kier molecular flexibility index (Phi) is 12.7. The summed E-state index contributed by atoms with van der Waals surface area (Å²) in [6.45, 7) is 0. The van der Waals surface area contributed by atoms with E-state index < -0.39 is 0 Å². The van der Waals surface area contributed by atoms with Crippen LogP contribution in [0.1, 0.15) is 44.9 Å². The smallest absolute Gasteiger partial charge is 0.221 e. The van der Waals surface area contributed by atoms with E-state index in [0.29, 0.717) is 0 Å². The molecule has 0 atom stereocenters. The van der Waals surface area contributed by atoms with Gasteiger partial charge in [-0.3, -0.25) is 0 Å². The van der Waals surface area contributed by atoms with Gasteiger partial charge in [-0.05, 0) is 18.8 Å². The topological polar surface area (TPSA) is 18.5 Å². The predicted molar refractivity (Wildman–Crippen MR) is 68.6 cm³/mol. The molecule has 0 spiro atoms. The minimum Gasteiger partial charge on any atom is -0.345 e. The number of ether oxygens (including phenoxy) is 2. The van der Waals surface area contributed by atoms with Gasteiger partial charge in [-0.15, -0.1) is 11.6 Å². The number of unbranched alkanes of at least 4 members (excludes halogenated alkanes) is 6. The summed E-state index contributed by atoms with van der Waals surface area (Å²) < 4.78 is 9.93. The Labute approximate surface area is 105 Å². The van der Waals surface area contributed by atoms with Crippen molar-refractivity contribution in [3.63, 3.8) is 0 Å². The summed E-state index contributed by atoms with van der Waals surface area (Å²) >= 11 is 5.60. The first kappa shape index (κ1) is 15.8. The van der Waals surface area contributed by atoms with Gasteiger partial charge < -0.3 is 9.47 Å². The van der Waals surface area contributed by atoms with Gasteiger partial charge in [0.2, 0.25) is 6.29 Å². The van der Waals surface area contributed by atoms with E-state index >= 15 is 0 Å². The Morgan fingerprint density at radius 3 is 2.06 bits per heavy atom. The molecule has 94 valence electrons. The van der Waals surface area contributed by atoms with Crippen LogP contribution in [0, 0.1) is 11.8 Å². The van der Waals surface area contributed by atoms with Gasteiger partial charge in [0.25, 0.3) is 0 Å². The van der Waals surface area contributed by atoms with Crippen molar-refractivity contribution in [2.24, 2.45) is 0 Å². The lowest BCUT2D eigenvalue weighted by Crippen LogP contribution is -2.09. The number of hydrogen-bond donors (Lipinski definition) is 0. The fourth-order valence-corrected chi connectivity index (χ4v) is 1.57. The van der Waals surface area contributed by atoms with Crippen LogP contribution in [-0.4, -0.2) is 26.4 Å². The third kappa shape index (κ3) is 10.3. The number of methoxy groups -OCH3 is 2. The van der Waals surface area contributed by atoms with Crippen LogP contribution in [0.15, 0.2) is 0 Å².